The maximum absolute atomic E-state index is 10.5. The maximum Gasteiger partial charge on any atom is 0.310 e. The second-order valence-corrected chi connectivity index (χ2v) is 2.31. The summed E-state index contributed by atoms with van der Waals surface area (Å²) in [4.78, 5) is 10.5. The van der Waals surface area contributed by atoms with Gasteiger partial charge in [-0.3, -0.25) is 4.79 Å². The lowest BCUT2D eigenvalue weighted by atomic mass is 10.1. The zero-order valence-corrected chi connectivity index (χ0v) is 6.79. The van der Waals surface area contributed by atoms with Gasteiger partial charge in [-0.05, 0) is 12.8 Å². The first-order valence-corrected chi connectivity index (χ1v) is 3.72. The molecule has 0 radical (unpaired) electrons. The maximum atomic E-state index is 10.5. The smallest absolute Gasteiger partial charge is 0.310 e. The third-order valence-electron chi connectivity index (χ3n) is 1.34. The summed E-state index contributed by atoms with van der Waals surface area (Å²) in [5.74, 6) is -1.18. The molecule has 0 aliphatic rings. The summed E-state index contributed by atoms with van der Waals surface area (Å²) in [6.45, 7) is 5.47. The van der Waals surface area contributed by atoms with Crippen LogP contribution in [0.3, 0.4) is 0 Å². The summed E-state index contributed by atoms with van der Waals surface area (Å²) >= 11 is 0. The Labute approximate surface area is 67.2 Å². The summed E-state index contributed by atoms with van der Waals surface area (Å²) in [7, 11) is 0. The van der Waals surface area contributed by atoms with Gasteiger partial charge in [-0.15, -0.1) is 6.58 Å². The average Bonchev–Trinajstić information content (AvgIpc) is 1.97. The normalized spacial score (nSPS) is 13.2. The number of carboxylic acid groups (broad SMARTS) is 1. The molecule has 1 unspecified atom stereocenters. The molecule has 0 fully saturated rings. The summed E-state index contributed by atoms with van der Waals surface area (Å²) in [5, 5.41) is 8.63. The van der Waals surface area contributed by atoms with Crippen LogP contribution in [0.25, 0.3) is 0 Å². The van der Waals surface area contributed by atoms with Crippen molar-refractivity contribution in [3.05, 3.63) is 24.8 Å². The van der Waals surface area contributed by atoms with Gasteiger partial charge in [-0.25, -0.2) is 0 Å². The Morgan fingerprint density at radius 1 is 1.73 bits per heavy atom. The lowest BCUT2D eigenvalue weighted by molar-refractivity contribution is -0.139. The quantitative estimate of drug-likeness (QED) is 0.616. The standard InChI is InChI=1S/C9H14O2/c1-3-5-7-8(6-4-2)9(10)11/h4-5,7-8H,2-3,6H2,1H3,(H,10,11). The number of aliphatic carboxylic acids is 1. The Kier molecular flexibility index (Phi) is 5.17. The Bertz CT molecular complexity index is 159. The van der Waals surface area contributed by atoms with Crippen LogP contribution < -0.4 is 0 Å². The van der Waals surface area contributed by atoms with Gasteiger partial charge in [0.2, 0.25) is 0 Å². The molecule has 2 nitrogen and oxygen atoms in total. The Morgan fingerprint density at radius 2 is 2.36 bits per heavy atom. The second-order valence-electron chi connectivity index (χ2n) is 2.31. The Hall–Kier alpha value is -1.05. The fourth-order valence-electron chi connectivity index (χ4n) is 0.742. The number of rotatable bonds is 5. The van der Waals surface area contributed by atoms with Gasteiger partial charge in [-0.2, -0.15) is 0 Å². The van der Waals surface area contributed by atoms with Crippen LogP contribution in [-0.4, -0.2) is 11.1 Å². The van der Waals surface area contributed by atoms with Crippen LogP contribution in [0.1, 0.15) is 19.8 Å². The van der Waals surface area contributed by atoms with Crippen molar-refractivity contribution in [1.29, 1.82) is 0 Å². The van der Waals surface area contributed by atoms with E-state index < -0.39 is 11.9 Å². The van der Waals surface area contributed by atoms with Gasteiger partial charge in [0.25, 0.3) is 0 Å². The van der Waals surface area contributed by atoms with Crippen LogP contribution in [0.5, 0.6) is 0 Å². The SMILES string of the molecule is C=CCC(C=CCC)C(=O)O. The van der Waals surface area contributed by atoms with Gasteiger partial charge < -0.3 is 5.11 Å². The van der Waals surface area contributed by atoms with E-state index >= 15 is 0 Å². The highest BCUT2D eigenvalue weighted by molar-refractivity contribution is 5.72. The van der Waals surface area contributed by atoms with Crippen molar-refractivity contribution >= 4 is 5.97 Å². The molecule has 0 bridgehead atoms. The van der Waals surface area contributed by atoms with Crippen molar-refractivity contribution in [2.75, 3.05) is 0 Å². The zero-order valence-electron chi connectivity index (χ0n) is 6.79. The van der Waals surface area contributed by atoms with Gasteiger partial charge in [-0.1, -0.05) is 25.2 Å². The predicted octanol–water partition coefficient (Wildman–Crippen LogP) is 2.23. The molecule has 2 heteroatoms. The van der Waals surface area contributed by atoms with Crippen LogP contribution in [0, 0.1) is 5.92 Å². The summed E-state index contributed by atoms with van der Waals surface area (Å²) < 4.78 is 0. The molecule has 11 heavy (non-hydrogen) atoms. The van der Waals surface area contributed by atoms with Crippen LogP contribution in [-0.2, 0) is 4.79 Å². The zero-order chi connectivity index (χ0) is 8.69. The van der Waals surface area contributed by atoms with Crippen LogP contribution >= 0.6 is 0 Å². The molecule has 62 valence electrons. The van der Waals surface area contributed by atoms with Crippen LogP contribution in [0.15, 0.2) is 24.8 Å². The number of allylic oxidation sites excluding steroid dienone is 2. The van der Waals surface area contributed by atoms with E-state index in [9.17, 15) is 4.79 Å². The van der Waals surface area contributed by atoms with E-state index in [4.69, 9.17) is 5.11 Å². The molecular formula is C9H14O2. The Balaban J connectivity index is 3.98. The number of carbonyl (C=O) groups is 1. The van der Waals surface area contributed by atoms with Gasteiger partial charge in [0.1, 0.15) is 0 Å². The fourth-order valence-corrected chi connectivity index (χ4v) is 0.742. The summed E-state index contributed by atoms with van der Waals surface area (Å²) in [6, 6.07) is 0. The van der Waals surface area contributed by atoms with E-state index in [2.05, 4.69) is 6.58 Å². The highest BCUT2D eigenvalue weighted by atomic mass is 16.4. The molecule has 0 heterocycles. The molecule has 0 rings (SSSR count). The molecule has 1 N–H and O–H groups in total. The van der Waals surface area contributed by atoms with Gasteiger partial charge in [0.05, 0.1) is 5.92 Å². The van der Waals surface area contributed by atoms with E-state index in [-0.39, 0.29) is 0 Å². The van der Waals surface area contributed by atoms with Gasteiger partial charge in [0.15, 0.2) is 0 Å². The molecule has 0 saturated heterocycles. The number of hydrogen-bond acceptors (Lipinski definition) is 1. The lowest BCUT2D eigenvalue weighted by Crippen LogP contribution is -2.09. The largest absolute Gasteiger partial charge is 0.481 e. The summed E-state index contributed by atoms with van der Waals surface area (Å²) in [5.41, 5.74) is 0. The Morgan fingerprint density at radius 3 is 2.73 bits per heavy atom. The van der Waals surface area contributed by atoms with Gasteiger partial charge >= 0.3 is 5.97 Å². The van der Waals surface area contributed by atoms with Crippen molar-refractivity contribution in [2.45, 2.75) is 19.8 Å². The van der Waals surface area contributed by atoms with E-state index in [0.29, 0.717) is 6.42 Å². The first-order valence-electron chi connectivity index (χ1n) is 3.72. The van der Waals surface area contributed by atoms with E-state index in [1.165, 1.54) is 0 Å². The molecular weight excluding hydrogens is 140 g/mol. The number of carboxylic acids is 1. The van der Waals surface area contributed by atoms with Crippen LogP contribution in [0.2, 0.25) is 0 Å². The van der Waals surface area contributed by atoms with Crippen molar-refractivity contribution < 1.29 is 9.90 Å². The molecule has 0 aliphatic heterocycles. The molecule has 0 aliphatic carbocycles. The van der Waals surface area contributed by atoms with Crippen molar-refractivity contribution in [3.63, 3.8) is 0 Å². The van der Waals surface area contributed by atoms with Crippen molar-refractivity contribution in [3.8, 4) is 0 Å². The van der Waals surface area contributed by atoms with E-state index in [0.717, 1.165) is 6.42 Å². The number of hydrogen-bond donors (Lipinski definition) is 1. The third kappa shape index (κ3) is 4.37. The average molecular weight is 154 g/mol. The van der Waals surface area contributed by atoms with Gasteiger partial charge in [0, 0.05) is 0 Å². The second kappa shape index (κ2) is 5.71. The topological polar surface area (TPSA) is 37.3 Å². The molecule has 0 amide bonds. The molecule has 1 atom stereocenters. The molecule has 0 spiro atoms. The van der Waals surface area contributed by atoms with E-state index in [1.807, 2.05) is 13.0 Å². The minimum Gasteiger partial charge on any atom is -0.481 e. The van der Waals surface area contributed by atoms with E-state index in [1.54, 1.807) is 12.2 Å². The first-order chi connectivity index (χ1) is 5.22. The van der Waals surface area contributed by atoms with Crippen LogP contribution in [0.4, 0.5) is 0 Å². The van der Waals surface area contributed by atoms with Crippen molar-refractivity contribution in [1.82, 2.24) is 0 Å². The molecule has 0 aromatic heterocycles. The highest BCUT2D eigenvalue weighted by Gasteiger charge is 2.10. The molecule has 0 aromatic rings. The fraction of sp³-hybridized carbons (Fsp3) is 0.444. The third-order valence-corrected chi connectivity index (χ3v) is 1.34. The summed E-state index contributed by atoms with van der Waals surface area (Å²) in [6.07, 6.45) is 6.58. The predicted molar refractivity (Wildman–Crippen MR) is 45.4 cm³/mol. The highest BCUT2D eigenvalue weighted by Crippen LogP contribution is 2.06. The lowest BCUT2D eigenvalue weighted by Gasteiger charge is -2.01. The minimum atomic E-state index is -0.783. The minimum absolute atomic E-state index is 0.396. The molecule has 0 saturated carbocycles. The van der Waals surface area contributed by atoms with Crippen molar-refractivity contribution in [2.24, 2.45) is 5.92 Å². The monoisotopic (exact) mass is 154 g/mol. The molecule has 0 aromatic carbocycles. The first kappa shape index (κ1) is 9.95.